The molecule has 0 radical (unpaired) electrons. The molecule has 2 heterocycles. The molecule has 6 heteroatoms. The third-order valence-corrected chi connectivity index (χ3v) is 3.61. The minimum absolute atomic E-state index is 0.175. The number of aromatic nitrogens is 4. The topological polar surface area (TPSA) is 71.5 Å². The van der Waals surface area contributed by atoms with Gasteiger partial charge in [0.15, 0.2) is 11.6 Å². The van der Waals surface area contributed by atoms with Crippen LogP contribution in [0.25, 0.3) is 11.6 Å². The molecule has 0 aromatic carbocycles. The van der Waals surface area contributed by atoms with Crippen LogP contribution in [0.1, 0.15) is 30.0 Å². The van der Waals surface area contributed by atoms with Gasteiger partial charge in [-0.2, -0.15) is 0 Å². The first kappa shape index (κ1) is 11.5. The Morgan fingerprint density at radius 1 is 1.33 bits per heavy atom. The number of rotatable bonds is 2. The van der Waals surface area contributed by atoms with E-state index in [0.29, 0.717) is 22.0 Å². The Hall–Kier alpha value is -1.56. The van der Waals surface area contributed by atoms with Gasteiger partial charge in [-0.3, -0.25) is 4.79 Å². The molecule has 2 aromatic rings. The fraction of sp³-hybridized carbons (Fsp3) is 0.333. The molecule has 1 aliphatic rings. The minimum Gasteiger partial charge on any atom is -0.303 e. The Morgan fingerprint density at radius 2 is 2.00 bits per heavy atom. The number of aryl methyl sites for hydroxylation is 1. The van der Waals surface area contributed by atoms with E-state index in [1.165, 1.54) is 0 Å². The van der Waals surface area contributed by atoms with E-state index < -0.39 is 0 Å². The highest BCUT2D eigenvalue weighted by molar-refractivity contribution is 9.10. The first-order valence-electron chi connectivity index (χ1n) is 5.74. The maximum Gasteiger partial charge on any atom is 0.265 e. The van der Waals surface area contributed by atoms with Crippen LogP contribution in [0.3, 0.4) is 0 Å². The number of hydrogen-bond donors (Lipinski definition) is 1. The average molecular weight is 307 g/mol. The fourth-order valence-corrected chi connectivity index (χ4v) is 2.24. The molecular formula is C12H11BrN4O. The van der Waals surface area contributed by atoms with E-state index in [9.17, 15) is 4.79 Å². The molecule has 0 bridgehead atoms. The van der Waals surface area contributed by atoms with Crippen LogP contribution in [-0.2, 0) is 0 Å². The summed E-state index contributed by atoms with van der Waals surface area (Å²) >= 11 is 3.29. The molecule has 0 amide bonds. The van der Waals surface area contributed by atoms with Gasteiger partial charge in [0.05, 0.1) is 5.69 Å². The molecule has 0 spiro atoms. The minimum atomic E-state index is -0.175. The van der Waals surface area contributed by atoms with E-state index >= 15 is 0 Å². The third kappa shape index (κ3) is 2.08. The van der Waals surface area contributed by atoms with Gasteiger partial charge in [-0.1, -0.05) is 0 Å². The largest absolute Gasteiger partial charge is 0.303 e. The standard InChI is InChI=1S/C12H11BrN4O/c1-6-4-14-10(15-5-6)11-16-9(7-2-3-7)8(13)12(18)17-11/h4-5,7H,2-3H2,1H3,(H,16,17,18). The van der Waals surface area contributed by atoms with Crippen LogP contribution in [0.2, 0.25) is 0 Å². The number of H-pyrrole nitrogens is 1. The van der Waals surface area contributed by atoms with Crippen molar-refractivity contribution in [3.05, 3.63) is 38.5 Å². The van der Waals surface area contributed by atoms with Crippen molar-refractivity contribution in [1.82, 2.24) is 19.9 Å². The molecule has 5 nitrogen and oxygen atoms in total. The Morgan fingerprint density at radius 3 is 2.61 bits per heavy atom. The van der Waals surface area contributed by atoms with E-state index in [1.807, 2.05) is 6.92 Å². The number of nitrogens with one attached hydrogen (secondary N) is 1. The summed E-state index contributed by atoms with van der Waals surface area (Å²) in [4.78, 5) is 27.4. The molecule has 0 unspecified atom stereocenters. The van der Waals surface area contributed by atoms with Gasteiger partial charge in [0.1, 0.15) is 4.47 Å². The van der Waals surface area contributed by atoms with Crippen molar-refractivity contribution in [2.24, 2.45) is 0 Å². The summed E-state index contributed by atoms with van der Waals surface area (Å²) < 4.78 is 0.529. The van der Waals surface area contributed by atoms with Gasteiger partial charge in [-0.15, -0.1) is 0 Å². The predicted molar refractivity (Wildman–Crippen MR) is 70.3 cm³/mol. The summed E-state index contributed by atoms with van der Waals surface area (Å²) in [5.41, 5.74) is 1.62. The van der Waals surface area contributed by atoms with Gasteiger partial charge in [0.25, 0.3) is 5.56 Å². The quantitative estimate of drug-likeness (QED) is 0.923. The van der Waals surface area contributed by atoms with Gasteiger partial charge in [-0.25, -0.2) is 15.0 Å². The molecule has 18 heavy (non-hydrogen) atoms. The average Bonchev–Trinajstić information content (AvgIpc) is 3.18. The summed E-state index contributed by atoms with van der Waals surface area (Å²) in [5.74, 6) is 1.28. The van der Waals surface area contributed by atoms with Crippen LogP contribution in [-0.4, -0.2) is 19.9 Å². The summed E-state index contributed by atoms with van der Waals surface area (Å²) in [6.07, 6.45) is 5.59. The van der Waals surface area contributed by atoms with Gasteiger partial charge < -0.3 is 4.98 Å². The third-order valence-electron chi connectivity index (χ3n) is 2.85. The van der Waals surface area contributed by atoms with E-state index in [0.717, 1.165) is 24.1 Å². The molecule has 1 N–H and O–H groups in total. The SMILES string of the molecule is Cc1cnc(-c2nc(C3CC3)c(Br)c(=O)[nH]2)nc1. The zero-order chi connectivity index (χ0) is 12.7. The van der Waals surface area contributed by atoms with Crippen LogP contribution < -0.4 is 5.56 Å². The highest BCUT2D eigenvalue weighted by Gasteiger charge is 2.29. The lowest BCUT2D eigenvalue weighted by molar-refractivity contribution is 0.941. The lowest BCUT2D eigenvalue weighted by Crippen LogP contribution is -2.14. The second-order valence-corrected chi connectivity index (χ2v) is 5.27. The molecule has 0 aliphatic heterocycles. The Labute approximate surface area is 112 Å². The van der Waals surface area contributed by atoms with Crippen LogP contribution in [0.15, 0.2) is 21.7 Å². The lowest BCUT2D eigenvalue weighted by Gasteiger charge is -2.04. The van der Waals surface area contributed by atoms with E-state index in [2.05, 4.69) is 35.9 Å². The van der Waals surface area contributed by atoms with Crippen LogP contribution in [0.4, 0.5) is 0 Å². The van der Waals surface area contributed by atoms with Crippen molar-refractivity contribution in [2.75, 3.05) is 0 Å². The number of aromatic amines is 1. The normalized spacial score (nSPS) is 14.8. The van der Waals surface area contributed by atoms with Gasteiger partial charge in [0.2, 0.25) is 0 Å². The zero-order valence-electron chi connectivity index (χ0n) is 9.77. The molecule has 2 aromatic heterocycles. The summed E-state index contributed by atoms with van der Waals surface area (Å²) in [5, 5.41) is 0. The van der Waals surface area contributed by atoms with Crippen molar-refractivity contribution >= 4 is 15.9 Å². The summed E-state index contributed by atoms with van der Waals surface area (Å²) in [6.45, 7) is 1.91. The smallest absolute Gasteiger partial charge is 0.265 e. The van der Waals surface area contributed by atoms with Crippen LogP contribution >= 0.6 is 15.9 Å². The Balaban J connectivity index is 2.12. The zero-order valence-corrected chi connectivity index (χ0v) is 11.4. The summed E-state index contributed by atoms with van der Waals surface area (Å²) in [7, 11) is 0. The molecule has 1 aliphatic carbocycles. The Kier molecular flexibility index (Phi) is 2.74. The second-order valence-electron chi connectivity index (χ2n) is 4.47. The number of nitrogens with zero attached hydrogens (tertiary/aromatic N) is 3. The maximum atomic E-state index is 11.8. The second kappa shape index (κ2) is 4.28. The van der Waals surface area contributed by atoms with Crippen LogP contribution in [0.5, 0.6) is 0 Å². The summed E-state index contributed by atoms with van der Waals surface area (Å²) in [6, 6.07) is 0. The van der Waals surface area contributed by atoms with Gasteiger partial charge in [0, 0.05) is 18.3 Å². The Bertz CT molecular complexity index is 646. The lowest BCUT2D eigenvalue weighted by atomic mass is 10.3. The van der Waals surface area contributed by atoms with Crippen molar-refractivity contribution < 1.29 is 0 Å². The van der Waals surface area contributed by atoms with Gasteiger partial charge >= 0.3 is 0 Å². The monoisotopic (exact) mass is 306 g/mol. The van der Waals surface area contributed by atoms with Crippen LogP contribution in [0, 0.1) is 6.92 Å². The highest BCUT2D eigenvalue weighted by Crippen LogP contribution is 2.41. The number of hydrogen-bond acceptors (Lipinski definition) is 4. The highest BCUT2D eigenvalue weighted by atomic mass is 79.9. The maximum absolute atomic E-state index is 11.8. The molecule has 0 atom stereocenters. The first-order chi connectivity index (χ1) is 8.65. The van der Waals surface area contributed by atoms with Crippen molar-refractivity contribution in [3.63, 3.8) is 0 Å². The molecule has 92 valence electrons. The van der Waals surface area contributed by atoms with Crippen molar-refractivity contribution in [2.45, 2.75) is 25.7 Å². The molecule has 1 fully saturated rings. The fourth-order valence-electron chi connectivity index (χ4n) is 1.72. The van der Waals surface area contributed by atoms with E-state index in [1.54, 1.807) is 12.4 Å². The number of halogens is 1. The molecule has 0 saturated heterocycles. The van der Waals surface area contributed by atoms with Crippen molar-refractivity contribution in [3.8, 4) is 11.6 Å². The predicted octanol–water partition coefficient (Wildman–Crippen LogP) is 2.18. The van der Waals surface area contributed by atoms with Gasteiger partial charge in [-0.05, 0) is 41.3 Å². The first-order valence-corrected chi connectivity index (χ1v) is 6.53. The molecule has 3 rings (SSSR count). The van der Waals surface area contributed by atoms with E-state index in [4.69, 9.17) is 0 Å². The molecule has 1 saturated carbocycles. The molecular weight excluding hydrogens is 296 g/mol. The van der Waals surface area contributed by atoms with E-state index in [-0.39, 0.29) is 5.56 Å². The van der Waals surface area contributed by atoms with Crippen molar-refractivity contribution in [1.29, 1.82) is 0 Å².